The zero-order chi connectivity index (χ0) is 24.9. The van der Waals surface area contributed by atoms with Gasteiger partial charge >= 0.3 is 17.9 Å². The number of nitrogens with zero attached hydrogens (tertiary/aromatic N) is 4. The maximum absolute atomic E-state index is 11.7. The highest BCUT2D eigenvalue weighted by Gasteiger charge is 2.26. The van der Waals surface area contributed by atoms with Crippen molar-refractivity contribution in [2.24, 2.45) is 0 Å². The lowest BCUT2D eigenvalue weighted by Gasteiger charge is -2.36. The van der Waals surface area contributed by atoms with Crippen molar-refractivity contribution in [3.05, 3.63) is 29.8 Å². The first-order valence-corrected chi connectivity index (χ1v) is 11.6. The van der Waals surface area contributed by atoms with E-state index in [9.17, 15) is 29.7 Å². The second-order valence-corrected chi connectivity index (χ2v) is 8.83. The number of nitriles is 1. The van der Waals surface area contributed by atoms with Crippen LogP contribution < -0.4 is 0 Å². The SMILES string of the molecule is N#CSc1ccc(CC2CN(CC(=O)O)CCOCCN(CC(=O)O)CCN2CC(=O)O)cc1. The van der Waals surface area contributed by atoms with Gasteiger partial charge < -0.3 is 20.1 Å². The third-order valence-corrected chi connectivity index (χ3v) is 6.01. The number of aliphatic carboxylic acids is 3. The molecule has 0 aromatic heterocycles. The minimum atomic E-state index is -1.02. The Morgan fingerprint density at radius 2 is 1.50 bits per heavy atom. The molecule has 11 nitrogen and oxygen atoms in total. The minimum absolute atomic E-state index is 0.182. The molecule has 1 aliphatic rings. The van der Waals surface area contributed by atoms with Crippen molar-refractivity contribution in [3.8, 4) is 5.40 Å². The molecule has 1 heterocycles. The number of thioether (sulfide) groups is 1. The summed E-state index contributed by atoms with van der Waals surface area (Å²) in [5.74, 6) is -2.98. The zero-order valence-corrected chi connectivity index (χ0v) is 19.7. The number of benzene rings is 1. The monoisotopic (exact) mass is 494 g/mol. The average molecular weight is 495 g/mol. The Morgan fingerprint density at radius 1 is 0.912 bits per heavy atom. The number of hydrogen-bond donors (Lipinski definition) is 3. The first kappa shape index (κ1) is 27.6. The van der Waals surface area contributed by atoms with Gasteiger partial charge in [-0.05, 0) is 35.9 Å². The fraction of sp³-hybridized carbons (Fsp3) is 0.545. The average Bonchev–Trinajstić information content (AvgIpc) is 2.75. The zero-order valence-electron chi connectivity index (χ0n) is 18.8. The van der Waals surface area contributed by atoms with E-state index in [4.69, 9.17) is 10.00 Å². The molecule has 0 saturated carbocycles. The van der Waals surface area contributed by atoms with Crippen molar-refractivity contribution < 1.29 is 34.4 Å². The van der Waals surface area contributed by atoms with Crippen LogP contribution in [0.2, 0.25) is 0 Å². The van der Waals surface area contributed by atoms with E-state index in [0.717, 1.165) is 22.2 Å². The molecule has 1 aromatic rings. The highest BCUT2D eigenvalue weighted by atomic mass is 32.2. The smallest absolute Gasteiger partial charge is 0.317 e. The lowest BCUT2D eigenvalue weighted by atomic mass is 10.0. The van der Waals surface area contributed by atoms with Crippen LogP contribution in [0.15, 0.2) is 29.2 Å². The van der Waals surface area contributed by atoms with Crippen molar-refractivity contribution in [2.75, 3.05) is 65.6 Å². The molecule has 1 aliphatic heterocycles. The Bertz CT molecular complexity index is 862. The lowest BCUT2D eigenvalue weighted by Crippen LogP contribution is -2.52. The normalized spacial score (nSPS) is 19.4. The summed E-state index contributed by atoms with van der Waals surface area (Å²) in [6, 6.07) is 7.04. The molecule has 34 heavy (non-hydrogen) atoms. The van der Waals surface area contributed by atoms with Gasteiger partial charge in [0, 0.05) is 43.7 Å². The predicted molar refractivity (Wildman–Crippen MR) is 124 cm³/mol. The van der Waals surface area contributed by atoms with Gasteiger partial charge in [-0.15, -0.1) is 0 Å². The lowest BCUT2D eigenvalue weighted by molar-refractivity contribution is -0.141. The Labute approximate surface area is 202 Å². The summed E-state index contributed by atoms with van der Waals surface area (Å²) in [6.07, 6.45) is 0.459. The summed E-state index contributed by atoms with van der Waals surface area (Å²) in [5, 5.41) is 39.0. The van der Waals surface area contributed by atoms with Crippen LogP contribution in [0.5, 0.6) is 0 Å². The molecule has 1 saturated heterocycles. The summed E-state index contributed by atoms with van der Waals surface area (Å²) in [6.45, 7) is 1.58. The molecule has 0 amide bonds. The van der Waals surface area contributed by atoms with E-state index in [1.165, 1.54) is 0 Å². The molecule has 3 N–H and O–H groups in total. The quantitative estimate of drug-likeness (QED) is 0.321. The van der Waals surface area contributed by atoms with Crippen LogP contribution in [0.1, 0.15) is 5.56 Å². The van der Waals surface area contributed by atoms with Crippen LogP contribution in [-0.2, 0) is 25.5 Å². The van der Waals surface area contributed by atoms with Gasteiger partial charge in [-0.25, -0.2) is 0 Å². The van der Waals surface area contributed by atoms with E-state index in [2.05, 4.69) is 0 Å². The number of carboxylic acids is 3. The Hall–Kier alpha value is -2.69. The Kier molecular flexibility index (Phi) is 11.8. The molecule has 1 unspecified atom stereocenters. The van der Waals surface area contributed by atoms with Gasteiger partial charge in [0.2, 0.25) is 0 Å². The first-order valence-electron chi connectivity index (χ1n) is 10.8. The molecule has 0 bridgehead atoms. The molecule has 12 heteroatoms. The van der Waals surface area contributed by atoms with Gasteiger partial charge in [0.05, 0.1) is 32.8 Å². The summed E-state index contributed by atoms with van der Waals surface area (Å²) < 4.78 is 5.61. The molecule has 0 aliphatic carbocycles. The maximum atomic E-state index is 11.7. The van der Waals surface area contributed by atoms with E-state index < -0.39 is 17.9 Å². The summed E-state index contributed by atoms with van der Waals surface area (Å²) in [7, 11) is 0. The maximum Gasteiger partial charge on any atom is 0.317 e. The van der Waals surface area contributed by atoms with Crippen molar-refractivity contribution in [1.82, 2.24) is 14.7 Å². The van der Waals surface area contributed by atoms with Gasteiger partial charge in [0.15, 0.2) is 0 Å². The highest BCUT2D eigenvalue weighted by Crippen LogP contribution is 2.19. The third kappa shape index (κ3) is 10.5. The molecule has 2 rings (SSSR count). The Balaban J connectivity index is 2.30. The van der Waals surface area contributed by atoms with Crippen molar-refractivity contribution in [2.45, 2.75) is 17.4 Å². The van der Waals surface area contributed by atoms with E-state index in [1.807, 2.05) is 29.7 Å². The number of hydrogen-bond acceptors (Lipinski definition) is 9. The second kappa shape index (κ2) is 14.5. The summed E-state index contributed by atoms with van der Waals surface area (Å²) >= 11 is 1.04. The van der Waals surface area contributed by atoms with Gasteiger partial charge in [0.1, 0.15) is 5.40 Å². The molecule has 1 aromatic carbocycles. The number of carboxylic acid groups (broad SMARTS) is 3. The van der Waals surface area contributed by atoms with Crippen molar-refractivity contribution >= 4 is 29.7 Å². The topological polar surface area (TPSA) is 155 Å². The number of carbonyl (C=O) groups is 3. The molecule has 186 valence electrons. The van der Waals surface area contributed by atoms with Crippen LogP contribution in [0.25, 0.3) is 0 Å². The summed E-state index contributed by atoms with van der Waals surface area (Å²) in [5.41, 5.74) is 0.920. The summed E-state index contributed by atoms with van der Waals surface area (Å²) in [4.78, 5) is 40.4. The minimum Gasteiger partial charge on any atom is -0.480 e. The Morgan fingerprint density at radius 3 is 2.09 bits per heavy atom. The molecule has 0 radical (unpaired) electrons. The van der Waals surface area contributed by atoms with Crippen molar-refractivity contribution in [1.29, 1.82) is 5.26 Å². The molecular weight excluding hydrogens is 464 g/mol. The van der Waals surface area contributed by atoms with Gasteiger partial charge in [0.25, 0.3) is 0 Å². The molecular formula is C22H30N4O7S. The standard InChI is InChI=1S/C22H30N4O7S/c23-16-34-19-3-1-17(2-4-19)11-18-12-25(14-21(29)30)8-10-33-9-7-24(13-20(27)28)5-6-26(18)15-22(31)32/h1-4,18H,5-15H2,(H,27,28)(H,29,30)(H,31,32). The van der Waals surface area contributed by atoms with Crippen LogP contribution in [0.3, 0.4) is 0 Å². The van der Waals surface area contributed by atoms with E-state index in [1.54, 1.807) is 14.7 Å². The first-order chi connectivity index (χ1) is 16.3. The van der Waals surface area contributed by atoms with Crippen LogP contribution in [0, 0.1) is 10.7 Å². The van der Waals surface area contributed by atoms with E-state index in [0.29, 0.717) is 45.8 Å². The molecule has 1 fully saturated rings. The fourth-order valence-corrected chi connectivity index (χ4v) is 4.21. The second-order valence-electron chi connectivity index (χ2n) is 7.97. The fourth-order valence-electron chi connectivity index (χ4n) is 3.84. The van der Waals surface area contributed by atoms with E-state index in [-0.39, 0.29) is 32.3 Å². The van der Waals surface area contributed by atoms with Gasteiger partial charge in [-0.3, -0.25) is 29.1 Å². The number of rotatable bonds is 9. The van der Waals surface area contributed by atoms with Gasteiger partial charge in [-0.2, -0.15) is 5.26 Å². The number of ether oxygens (including phenoxy) is 1. The molecule has 0 spiro atoms. The van der Waals surface area contributed by atoms with Crippen molar-refractivity contribution in [3.63, 3.8) is 0 Å². The van der Waals surface area contributed by atoms with Crippen LogP contribution in [-0.4, -0.2) is 120 Å². The van der Waals surface area contributed by atoms with Gasteiger partial charge in [-0.1, -0.05) is 12.1 Å². The van der Waals surface area contributed by atoms with Crippen LogP contribution in [0.4, 0.5) is 0 Å². The van der Waals surface area contributed by atoms with E-state index >= 15 is 0 Å². The highest BCUT2D eigenvalue weighted by molar-refractivity contribution is 8.03. The van der Waals surface area contributed by atoms with Crippen LogP contribution >= 0.6 is 11.8 Å². The predicted octanol–water partition coefficient (Wildman–Crippen LogP) is 0.361. The number of thiocyanates is 1. The largest absolute Gasteiger partial charge is 0.480 e. The molecule has 1 atom stereocenters. The third-order valence-electron chi connectivity index (χ3n) is 5.41.